The molecule has 242 valence electrons. The number of fused-ring (bicyclic) bond motifs is 7. The largest absolute Gasteiger partial charge is 0.310 e. The third-order valence-electron chi connectivity index (χ3n) is 10.9. The number of aromatic nitrogens is 1. The maximum Gasteiger partial charge on any atom is 0.0568 e. The van der Waals surface area contributed by atoms with E-state index in [1.165, 1.54) is 66.0 Å². The molecule has 0 amide bonds. The molecule has 0 saturated heterocycles. The molecule has 0 spiro atoms. The van der Waals surface area contributed by atoms with Gasteiger partial charge in [-0.25, -0.2) is 0 Å². The van der Waals surface area contributed by atoms with Crippen molar-refractivity contribution in [3.8, 4) is 27.9 Å². The highest BCUT2D eigenvalue weighted by molar-refractivity contribution is 6.17. The van der Waals surface area contributed by atoms with E-state index in [-0.39, 0.29) is 5.41 Å². The van der Waals surface area contributed by atoms with Crippen molar-refractivity contribution in [3.05, 3.63) is 193 Å². The molecule has 2 heteroatoms. The van der Waals surface area contributed by atoms with E-state index in [4.69, 9.17) is 0 Å². The first-order chi connectivity index (χ1) is 25.1. The molecule has 1 heterocycles. The van der Waals surface area contributed by atoms with Crippen LogP contribution in [0.3, 0.4) is 0 Å². The highest BCUT2D eigenvalue weighted by Gasteiger charge is 2.36. The molecular formula is C49H36N2. The topological polar surface area (TPSA) is 8.17 Å². The average molecular weight is 653 g/mol. The summed E-state index contributed by atoms with van der Waals surface area (Å²) in [5.74, 6) is 0. The van der Waals surface area contributed by atoms with E-state index >= 15 is 0 Å². The van der Waals surface area contributed by atoms with E-state index in [2.05, 4.69) is 205 Å². The van der Waals surface area contributed by atoms with Gasteiger partial charge in [-0.3, -0.25) is 0 Å². The molecule has 1 aromatic heterocycles. The Morgan fingerprint density at radius 3 is 1.96 bits per heavy atom. The van der Waals surface area contributed by atoms with Crippen LogP contribution in [-0.2, 0) is 5.41 Å². The Kier molecular flexibility index (Phi) is 6.56. The van der Waals surface area contributed by atoms with Crippen molar-refractivity contribution in [1.82, 2.24) is 4.57 Å². The second kappa shape index (κ2) is 11.3. The summed E-state index contributed by atoms with van der Waals surface area (Å²) in [5.41, 5.74) is 14.6. The Hall–Kier alpha value is -6.38. The van der Waals surface area contributed by atoms with Crippen LogP contribution >= 0.6 is 0 Å². The zero-order chi connectivity index (χ0) is 34.1. The van der Waals surface area contributed by atoms with Gasteiger partial charge in [-0.1, -0.05) is 135 Å². The van der Waals surface area contributed by atoms with Crippen LogP contribution in [0.25, 0.3) is 60.5 Å². The molecule has 1 aliphatic carbocycles. The van der Waals surface area contributed by atoms with Gasteiger partial charge in [-0.05, 0) is 105 Å². The van der Waals surface area contributed by atoms with Gasteiger partial charge in [0.05, 0.1) is 11.0 Å². The van der Waals surface area contributed by atoms with Gasteiger partial charge in [0.1, 0.15) is 0 Å². The SMILES string of the molecule is CC1(C)c2ccccc2-c2ccc(N(c3ccccc3)c3cc(-c4ccc5ccccc5c4)c4c5ccccc5n(-c5ccccc5)c4c3)cc21. The van der Waals surface area contributed by atoms with Crippen molar-refractivity contribution in [3.63, 3.8) is 0 Å². The molecule has 0 saturated carbocycles. The molecule has 2 nitrogen and oxygen atoms in total. The van der Waals surface area contributed by atoms with Gasteiger partial charge in [0.25, 0.3) is 0 Å². The molecule has 0 N–H and O–H groups in total. The first-order valence-electron chi connectivity index (χ1n) is 17.8. The monoisotopic (exact) mass is 652 g/mol. The van der Waals surface area contributed by atoms with Gasteiger partial charge in [-0.2, -0.15) is 0 Å². The molecule has 9 aromatic rings. The van der Waals surface area contributed by atoms with E-state index < -0.39 is 0 Å². The Balaban J connectivity index is 1.29. The molecule has 0 radical (unpaired) electrons. The third kappa shape index (κ3) is 4.57. The van der Waals surface area contributed by atoms with Crippen LogP contribution in [0.2, 0.25) is 0 Å². The standard InChI is InChI=1S/C49H36N2/c1-49(2)44-23-13-11-21-40(44)41-28-27-38(31-45(41)49)50(36-17-5-3-6-18-36)39-30-43(35-26-25-33-15-9-10-16-34(33)29-35)48-42-22-12-14-24-46(42)51(47(48)32-39)37-19-7-4-8-20-37/h3-32H,1-2H3. The van der Waals surface area contributed by atoms with Crippen molar-refractivity contribution in [2.45, 2.75) is 19.3 Å². The normalized spacial score (nSPS) is 13.1. The minimum Gasteiger partial charge on any atom is -0.310 e. The smallest absolute Gasteiger partial charge is 0.0568 e. The number of hydrogen-bond donors (Lipinski definition) is 0. The maximum absolute atomic E-state index is 2.44. The van der Waals surface area contributed by atoms with Crippen molar-refractivity contribution < 1.29 is 0 Å². The summed E-state index contributed by atoms with van der Waals surface area (Å²) in [6, 6.07) is 66.7. The van der Waals surface area contributed by atoms with E-state index in [0.717, 1.165) is 22.7 Å². The van der Waals surface area contributed by atoms with Crippen molar-refractivity contribution >= 4 is 49.6 Å². The summed E-state index contributed by atoms with van der Waals surface area (Å²) < 4.78 is 2.43. The Bertz CT molecular complexity index is 2770. The van der Waals surface area contributed by atoms with Gasteiger partial charge < -0.3 is 9.47 Å². The lowest BCUT2D eigenvalue weighted by molar-refractivity contribution is 0.660. The molecule has 10 rings (SSSR count). The third-order valence-corrected chi connectivity index (χ3v) is 10.9. The zero-order valence-electron chi connectivity index (χ0n) is 28.7. The summed E-state index contributed by atoms with van der Waals surface area (Å²) in [4.78, 5) is 2.44. The second-order valence-corrected chi connectivity index (χ2v) is 14.2. The molecule has 0 bridgehead atoms. The van der Waals surface area contributed by atoms with Gasteiger partial charge in [-0.15, -0.1) is 0 Å². The van der Waals surface area contributed by atoms with Crippen molar-refractivity contribution in [2.75, 3.05) is 4.90 Å². The predicted octanol–water partition coefficient (Wildman–Crippen LogP) is 13.4. The maximum atomic E-state index is 2.44. The molecule has 1 aliphatic rings. The molecule has 0 unspecified atom stereocenters. The van der Waals surface area contributed by atoms with Crippen LogP contribution in [0.1, 0.15) is 25.0 Å². The fourth-order valence-electron chi connectivity index (χ4n) is 8.51. The molecule has 0 atom stereocenters. The second-order valence-electron chi connectivity index (χ2n) is 14.2. The molecule has 51 heavy (non-hydrogen) atoms. The van der Waals surface area contributed by atoms with E-state index in [9.17, 15) is 0 Å². The van der Waals surface area contributed by atoms with Gasteiger partial charge in [0, 0.05) is 38.9 Å². The molecular weight excluding hydrogens is 617 g/mol. The molecule has 8 aromatic carbocycles. The van der Waals surface area contributed by atoms with Gasteiger partial charge in [0.2, 0.25) is 0 Å². The number of nitrogens with zero attached hydrogens (tertiary/aromatic N) is 2. The van der Waals surface area contributed by atoms with Crippen LogP contribution in [0.5, 0.6) is 0 Å². The van der Waals surface area contributed by atoms with Crippen LogP contribution in [0.15, 0.2) is 182 Å². The van der Waals surface area contributed by atoms with Crippen LogP contribution in [0, 0.1) is 0 Å². The minimum absolute atomic E-state index is 0.107. The van der Waals surface area contributed by atoms with Crippen LogP contribution in [0.4, 0.5) is 17.1 Å². The number of hydrogen-bond acceptors (Lipinski definition) is 1. The highest BCUT2D eigenvalue weighted by Crippen LogP contribution is 2.51. The quantitative estimate of drug-likeness (QED) is 0.180. The summed E-state index contributed by atoms with van der Waals surface area (Å²) in [6.45, 7) is 4.72. The van der Waals surface area contributed by atoms with Crippen LogP contribution in [-0.4, -0.2) is 4.57 Å². The summed E-state index contributed by atoms with van der Waals surface area (Å²) in [5, 5.41) is 4.98. The lowest BCUT2D eigenvalue weighted by Crippen LogP contribution is -2.16. The van der Waals surface area contributed by atoms with Crippen LogP contribution < -0.4 is 4.90 Å². The Morgan fingerprint density at radius 2 is 1.12 bits per heavy atom. The number of para-hydroxylation sites is 3. The Morgan fingerprint density at radius 1 is 0.431 bits per heavy atom. The average Bonchev–Trinajstić information content (AvgIpc) is 3.63. The van der Waals surface area contributed by atoms with E-state index in [1.54, 1.807) is 0 Å². The van der Waals surface area contributed by atoms with Crippen molar-refractivity contribution in [1.29, 1.82) is 0 Å². The Labute approximate surface area is 298 Å². The summed E-state index contributed by atoms with van der Waals surface area (Å²) in [6.07, 6.45) is 0. The summed E-state index contributed by atoms with van der Waals surface area (Å²) >= 11 is 0. The summed E-state index contributed by atoms with van der Waals surface area (Å²) in [7, 11) is 0. The number of rotatable bonds is 5. The van der Waals surface area contributed by atoms with Gasteiger partial charge >= 0.3 is 0 Å². The lowest BCUT2D eigenvalue weighted by atomic mass is 9.82. The zero-order valence-corrected chi connectivity index (χ0v) is 28.7. The fourth-order valence-corrected chi connectivity index (χ4v) is 8.51. The fraction of sp³-hybridized carbons (Fsp3) is 0.0612. The van der Waals surface area contributed by atoms with Crippen molar-refractivity contribution in [2.24, 2.45) is 0 Å². The number of benzene rings is 8. The molecule has 0 aliphatic heterocycles. The first kappa shape index (κ1) is 29.5. The highest BCUT2D eigenvalue weighted by atomic mass is 15.1. The van der Waals surface area contributed by atoms with E-state index in [0.29, 0.717) is 0 Å². The predicted molar refractivity (Wildman–Crippen MR) is 216 cm³/mol. The lowest BCUT2D eigenvalue weighted by Gasteiger charge is -2.29. The molecule has 0 fully saturated rings. The minimum atomic E-state index is -0.107. The van der Waals surface area contributed by atoms with Gasteiger partial charge in [0.15, 0.2) is 0 Å². The van der Waals surface area contributed by atoms with E-state index in [1.807, 2.05) is 0 Å². The first-order valence-corrected chi connectivity index (χ1v) is 17.8. The number of anilines is 3.